The average molecular weight is 442 g/mol. The van der Waals surface area contributed by atoms with Crippen molar-refractivity contribution in [1.29, 1.82) is 0 Å². The monoisotopic (exact) mass is 441 g/mol. The maximum atomic E-state index is 14.6. The highest BCUT2D eigenvalue weighted by atomic mass is 32.1. The van der Waals surface area contributed by atoms with Crippen molar-refractivity contribution in [2.75, 3.05) is 11.9 Å². The number of carbonyl (C=O) groups is 1. The Kier molecular flexibility index (Phi) is 3.90. The molecule has 1 spiro atoms. The number of amides is 1. The Hall–Kier alpha value is -3.51. The molecule has 0 radical (unpaired) electrons. The number of carbonyl (C=O) groups excluding carboxylic acids is 1. The zero-order chi connectivity index (χ0) is 22.2. The van der Waals surface area contributed by atoms with E-state index in [-0.39, 0.29) is 11.7 Å². The number of anilines is 1. The van der Waals surface area contributed by atoms with Gasteiger partial charge in [0.25, 0.3) is 5.91 Å². The van der Waals surface area contributed by atoms with Gasteiger partial charge in [-0.1, -0.05) is 54.7 Å². The van der Waals surface area contributed by atoms with Crippen molar-refractivity contribution in [3.63, 3.8) is 0 Å². The largest absolute Gasteiger partial charge is 0.356 e. The first-order valence-corrected chi connectivity index (χ1v) is 10.9. The summed E-state index contributed by atoms with van der Waals surface area (Å²) in [5, 5.41) is 4.40. The molecule has 158 valence electrons. The summed E-state index contributed by atoms with van der Waals surface area (Å²) in [5.74, 6) is -0.934. The molecule has 6 heteroatoms. The van der Waals surface area contributed by atoms with Crippen LogP contribution in [0.3, 0.4) is 0 Å². The van der Waals surface area contributed by atoms with Gasteiger partial charge in [-0.25, -0.2) is 4.39 Å². The number of fused-ring (bicyclic) bond motifs is 5. The number of aromatic nitrogens is 1. The summed E-state index contributed by atoms with van der Waals surface area (Å²) in [7, 11) is 1.73. The molecule has 0 aliphatic carbocycles. The zero-order valence-corrected chi connectivity index (χ0v) is 18.4. The molecule has 0 bridgehead atoms. The molecule has 0 saturated carbocycles. The second kappa shape index (κ2) is 6.50. The summed E-state index contributed by atoms with van der Waals surface area (Å²) < 4.78 is 14.6. The van der Waals surface area contributed by atoms with E-state index >= 15 is 0 Å². The van der Waals surface area contributed by atoms with E-state index in [2.05, 4.69) is 10.3 Å². The van der Waals surface area contributed by atoms with Crippen molar-refractivity contribution in [3.05, 3.63) is 100 Å². The van der Waals surface area contributed by atoms with E-state index in [9.17, 15) is 9.18 Å². The van der Waals surface area contributed by atoms with Crippen LogP contribution in [0, 0.1) is 12.7 Å². The molecule has 1 amide bonds. The number of aryl methyl sites for hydroxylation is 1. The second-order valence-corrected chi connectivity index (χ2v) is 8.94. The molecule has 6 rings (SSSR count). The van der Waals surface area contributed by atoms with Crippen LogP contribution in [0.1, 0.15) is 33.9 Å². The third-order valence-electron chi connectivity index (χ3n) is 6.89. The number of halogens is 1. The molecule has 0 fully saturated rings. The van der Waals surface area contributed by atoms with Crippen molar-refractivity contribution < 1.29 is 9.18 Å². The lowest BCUT2D eigenvalue weighted by atomic mass is 9.68. The van der Waals surface area contributed by atoms with E-state index in [1.807, 2.05) is 55.5 Å². The zero-order valence-electron chi connectivity index (χ0n) is 17.6. The summed E-state index contributed by atoms with van der Waals surface area (Å²) in [6.45, 7) is 2.04. The predicted octanol–water partition coefficient (Wildman–Crippen LogP) is 4.90. The lowest BCUT2D eigenvalue weighted by Gasteiger charge is -2.42. The summed E-state index contributed by atoms with van der Waals surface area (Å²) in [6.07, 6.45) is 0. The molecule has 2 N–H and O–H groups in total. The van der Waals surface area contributed by atoms with E-state index < -0.39 is 11.5 Å². The topological polar surface area (TPSA) is 48.1 Å². The maximum Gasteiger partial charge on any atom is 0.258 e. The molecule has 4 nitrogen and oxygen atoms in total. The lowest BCUT2D eigenvalue weighted by molar-refractivity contribution is -0.124. The van der Waals surface area contributed by atoms with E-state index in [4.69, 9.17) is 12.2 Å². The van der Waals surface area contributed by atoms with Crippen LogP contribution in [0.5, 0.6) is 0 Å². The van der Waals surface area contributed by atoms with Crippen molar-refractivity contribution in [1.82, 2.24) is 10.3 Å². The average Bonchev–Trinajstić information content (AvgIpc) is 3.26. The molecule has 2 aliphatic heterocycles. The Morgan fingerprint density at radius 2 is 1.81 bits per heavy atom. The highest BCUT2D eigenvalue weighted by molar-refractivity contribution is 7.80. The fraction of sp³-hybridized carbons (Fsp3) is 0.154. The van der Waals surface area contributed by atoms with Crippen molar-refractivity contribution in [2.45, 2.75) is 18.4 Å². The number of likely N-dealkylation sites (N-methyl/N-ethyl adjacent to an activating group) is 1. The molecular weight excluding hydrogens is 421 g/mol. The molecule has 2 atom stereocenters. The minimum absolute atomic E-state index is 0.148. The van der Waals surface area contributed by atoms with Crippen LogP contribution >= 0.6 is 12.2 Å². The number of nitrogens with zero attached hydrogens (tertiary/aromatic N) is 1. The number of thiocarbonyl (C=S) groups is 1. The fourth-order valence-electron chi connectivity index (χ4n) is 5.48. The Morgan fingerprint density at radius 1 is 1.06 bits per heavy atom. The first-order chi connectivity index (χ1) is 15.4. The van der Waals surface area contributed by atoms with Gasteiger partial charge in [-0.3, -0.25) is 4.79 Å². The van der Waals surface area contributed by atoms with Crippen LogP contribution < -0.4 is 10.2 Å². The molecule has 3 aromatic carbocycles. The van der Waals surface area contributed by atoms with Gasteiger partial charge in [-0.05, 0) is 47.9 Å². The Labute approximate surface area is 190 Å². The number of rotatable bonds is 1. The standard InChI is InChI=1S/C26H20FN3OS/c1-14-7-3-4-8-16(14)22-21-17-9-5-6-10-19(17)28-23(21)24(32)29-26(22)18-13-15(27)11-12-20(18)30(2)25(26)31/h3-13,22,28H,1-2H3,(H,29,32). The Bertz CT molecular complexity index is 1460. The molecule has 4 aromatic rings. The fourth-order valence-corrected chi connectivity index (χ4v) is 5.80. The van der Waals surface area contributed by atoms with Gasteiger partial charge in [0.15, 0.2) is 5.54 Å². The molecule has 2 aliphatic rings. The van der Waals surface area contributed by atoms with E-state index in [1.54, 1.807) is 18.0 Å². The van der Waals surface area contributed by atoms with Crippen LogP contribution in [0.2, 0.25) is 0 Å². The number of nitrogens with one attached hydrogen (secondary N) is 2. The van der Waals surface area contributed by atoms with Gasteiger partial charge in [0, 0.05) is 35.1 Å². The molecule has 2 unspecified atom stereocenters. The minimum Gasteiger partial charge on any atom is -0.356 e. The number of H-pyrrole nitrogens is 1. The lowest BCUT2D eigenvalue weighted by Crippen LogP contribution is -2.59. The quantitative estimate of drug-likeness (QED) is 0.413. The van der Waals surface area contributed by atoms with Gasteiger partial charge in [-0.2, -0.15) is 0 Å². The smallest absolute Gasteiger partial charge is 0.258 e. The van der Waals surface area contributed by atoms with Crippen LogP contribution in [0.25, 0.3) is 10.9 Å². The van der Waals surface area contributed by atoms with Crippen molar-refractivity contribution in [3.8, 4) is 0 Å². The predicted molar refractivity (Wildman–Crippen MR) is 128 cm³/mol. The van der Waals surface area contributed by atoms with E-state index in [0.29, 0.717) is 16.2 Å². The van der Waals surface area contributed by atoms with Gasteiger partial charge in [0.1, 0.15) is 10.8 Å². The van der Waals surface area contributed by atoms with Crippen LogP contribution in [0.15, 0.2) is 66.7 Å². The SMILES string of the molecule is Cc1ccccc1C1c2c([nH]c3ccccc23)C(=S)NC12C(=O)N(C)c1ccc(F)cc12. The normalized spacial score (nSPS) is 21.7. The number of aromatic amines is 1. The third-order valence-corrected chi connectivity index (χ3v) is 7.20. The van der Waals surface area contributed by atoms with E-state index in [0.717, 1.165) is 33.3 Å². The molecule has 3 heterocycles. The first kappa shape index (κ1) is 19.2. The number of benzene rings is 3. The number of para-hydroxylation sites is 1. The summed E-state index contributed by atoms with van der Waals surface area (Å²) >= 11 is 5.79. The summed E-state index contributed by atoms with van der Waals surface area (Å²) in [6, 6.07) is 20.6. The van der Waals surface area contributed by atoms with Crippen molar-refractivity contribution >= 4 is 39.7 Å². The first-order valence-electron chi connectivity index (χ1n) is 10.5. The number of hydrogen-bond acceptors (Lipinski definition) is 2. The van der Waals surface area contributed by atoms with Crippen LogP contribution in [0.4, 0.5) is 10.1 Å². The maximum absolute atomic E-state index is 14.6. The Balaban J connectivity index is 1.78. The molecular formula is C26H20FN3OS. The highest BCUT2D eigenvalue weighted by Crippen LogP contribution is 2.55. The van der Waals surface area contributed by atoms with Crippen LogP contribution in [-0.2, 0) is 10.3 Å². The van der Waals surface area contributed by atoms with Gasteiger partial charge in [-0.15, -0.1) is 0 Å². The van der Waals surface area contributed by atoms with E-state index in [1.165, 1.54) is 12.1 Å². The molecule has 1 aromatic heterocycles. The van der Waals surface area contributed by atoms with Gasteiger partial charge < -0.3 is 15.2 Å². The second-order valence-electron chi connectivity index (χ2n) is 8.54. The summed E-state index contributed by atoms with van der Waals surface area (Å²) in [5.41, 5.74) is 4.85. The minimum atomic E-state index is -1.24. The molecule has 32 heavy (non-hydrogen) atoms. The highest BCUT2D eigenvalue weighted by Gasteiger charge is 2.59. The number of hydrogen-bond donors (Lipinski definition) is 2. The van der Waals surface area contributed by atoms with Gasteiger partial charge >= 0.3 is 0 Å². The van der Waals surface area contributed by atoms with Gasteiger partial charge in [0.05, 0.1) is 5.69 Å². The molecule has 0 saturated heterocycles. The third kappa shape index (κ3) is 2.30. The van der Waals surface area contributed by atoms with Crippen LogP contribution in [-0.4, -0.2) is 22.9 Å². The summed E-state index contributed by atoms with van der Waals surface area (Å²) in [4.78, 5) is 19.5. The Morgan fingerprint density at radius 3 is 2.62 bits per heavy atom. The van der Waals surface area contributed by atoms with Crippen molar-refractivity contribution in [2.24, 2.45) is 0 Å². The van der Waals surface area contributed by atoms with Gasteiger partial charge in [0.2, 0.25) is 0 Å².